The summed E-state index contributed by atoms with van der Waals surface area (Å²) in [5.41, 5.74) is 4.03. The molecule has 0 aliphatic heterocycles. The molecule has 0 bridgehead atoms. The third kappa shape index (κ3) is 6.15. The highest BCUT2D eigenvalue weighted by Gasteiger charge is 2.25. The monoisotopic (exact) mass is 485 g/mol. The number of hydrogen-bond acceptors (Lipinski definition) is 5. The molecule has 0 unspecified atom stereocenters. The first-order valence-corrected chi connectivity index (χ1v) is 12.1. The number of anilines is 1. The van der Waals surface area contributed by atoms with Crippen molar-refractivity contribution in [1.82, 2.24) is 0 Å². The van der Waals surface area contributed by atoms with Gasteiger partial charge in [-0.3, -0.25) is 4.79 Å². The average molecular weight is 486 g/mol. The fourth-order valence-corrected chi connectivity index (χ4v) is 4.77. The third-order valence-electron chi connectivity index (χ3n) is 5.11. The van der Waals surface area contributed by atoms with Crippen molar-refractivity contribution in [3.05, 3.63) is 69.1 Å². The summed E-state index contributed by atoms with van der Waals surface area (Å²) in [7, 11) is 0. The van der Waals surface area contributed by atoms with E-state index in [2.05, 4.69) is 5.32 Å². The Hall–Kier alpha value is -2.83. The van der Waals surface area contributed by atoms with Crippen LogP contribution >= 0.6 is 22.9 Å². The molecule has 1 N–H and O–H groups in total. The molecule has 174 valence electrons. The molecule has 3 aromatic rings. The van der Waals surface area contributed by atoms with Gasteiger partial charge in [0.25, 0.3) is 0 Å². The number of amides is 1. The molecule has 0 spiro atoms. The van der Waals surface area contributed by atoms with Crippen molar-refractivity contribution in [3.63, 3.8) is 0 Å². The lowest BCUT2D eigenvalue weighted by Gasteiger charge is -2.11. The first-order chi connectivity index (χ1) is 15.8. The molecule has 1 amide bonds. The molecule has 7 heteroatoms. The Bertz CT molecular complexity index is 1120. The van der Waals surface area contributed by atoms with Crippen LogP contribution in [-0.4, -0.2) is 25.1 Å². The van der Waals surface area contributed by atoms with Crippen molar-refractivity contribution >= 4 is 39.8 Å². The second-order valence-corrected chi connectivity index (χ2v) is 9.30. The number of esters is 1. The zero-order chi connectivity index (χ0) is 24.0. The van der Waals surface area contributed by atoms with Gasteiger partial charge in [0.05, 0.1) is 13.2 Å². The van der Waals surface area contributed by atoms with Crippen LogP contribution in [-0.2, 0) is 9.53 Å². The first kappa shape index (κ1) is 24.8. The van der Waals surface area contributed by atoms with Crippen LogP contribution in [0.3, 0.4) is 0 Å². The summed E-state index contributed by atoms with van der Waals surface area (Å²) in [6.45, 7) is 8.23. The number of benzene rings is 2. The zero-order valence-corrected chi connectivity index (χ0v) is 20.9. The van der Waals surface area contributed by atoms with Crippen LogP contribution in [0.5, 0.6) is 5.75 Å². The maximum absolute atomic E-state index is 12.8. The minimum absolute atomic E-state index is 0.173. The minimum Gasteiger partial charge on any atom is -0.494 e. The number of carbonyl (C=O) groups excluding carboxylic acids is 2. The molecular formula is C26H28ClNO4S. The molecule has 2 aromatic carbocycles. The van der Waals surface area contributed by atoms with E-state index in [0.29, 0.717) is 23.6 Å². The van der Waals surface area contributed by atoms with Crippen LogP contribution in [0, 0.1) is 20.8 Å². The fourth-order valence-electron chi connectivity index (χ4n) is 3.58. The zero-order valence-electron chi connectivity index (χ0n) is 19.3. The quantitative estimate of drug-likeness (QED) is 0.262. The summed E-state index contributed by atoms with van der Waals surface area (Å²) in [5, 5.41) is 4.16. The first-order valence-electron chi connectivity index (χ1n) is 10.9. The molecule has 3 rings (SSSR count). The van der Waals surface area contributed by atoms with E-state index in [1.54, 1.807) is 6.92 Å². The molecule has 5 nitrogen and oxygen atoms in total. The molecule has 0 aliphatic carbocycles. The molecule has 1 aromatic heterocycles. The average Bonchev–Trinajstić information content (AvgIpc) is 3.11. The maximum Gasteiger partial charge on any atom is 0.341 e. The van der Waals surface area contributed by atoms with Crippen LogP contribution in [0.1, 0.15) is 46.1 Å². The second kappa shape index (κ2) is 11.3. The SMILES string of the molecule is CCOC(=O)c1c(NC(=O)CCCOc2cc(C)c(Cl)c(C)c2)sc(C)c1-c1ccccc1. The Morgan fingerprint density at radius 1 is 1.06 bits per heavy atom. The van der Waals surface area contributed by atoms with E-state index in [1.807, 2.05) is 63.2 Å². The highest BCUT2D eigenvalue weighted by molar-refractivity contribution is 7.17. The summed E-state index contributed by atoms with van der Waals surface area (Å²) in [5.74, 6) is 0.127. The van der Waals surface area contributed by atoms with Gasteiger partial charge in [0.1, 0.15) is 16.3 Å². The maximum atomic E-state index is 12.8. The standard InChI is InChI=1S/C26H28ClNO4S/c1-5-31-26(30)23-22(19-10-7-6-8-11-19)18(4)33-25(23)28-21(29)12-9-13-32-20-14-16(2)24(27)17(3)15-20/h6-8,10-11,14-15H,5,9,12-13H2,1-4H3,(H,28,29). The van der Waals surface area contributed by atoms with Gasteiger partial charge in [-0.2, -0.15) is 0 Å². The predicted octanol–water partition coefficient (Wildman–Crippen LogP) is 6.97. The number of nitrogens with one attached hydrogen (secondary N) is 1. The van der Waals surface area contributed by atoms with Crippen molar-refractivity contribution < 1.29 is 19.1 Å². The van der Waals surface area contributed by atoms with Crippen LogP contribution < -0.4 is 10.1 Å². The lowest BCUT2D eigenvalue weighted by molar-refractivity contribution is -0.116. The van der Waals surface area contributed by atoms with Gasteiger partial charge >= 0.3 is 5.97 Å². The fraction of sp³-hybridized carbons (Fsp3) is 0.308. The van der Waals surface area contributed by atoms with Crippen molar-refractivity contribution in [1.29, 1.82) is 0 Å². The van der Waals surface area contributed by atoms with E-state index in [0.717, 1.165) is 37.9 Å². The lowest BCUT2D eigenvalue weighted by atomic mass is 10.0. The molecular weight excluding hydrogens is 458 g/mol. The summed E-state index contributed by atoms with van der Waals surface area (Å²) in [6.07, 6.45) is 0.808. The molecule has 0 atom stereocenters. The number of ether oxygens (including phenoxy) is 2. The Morgan fingerprint density at radius 2 is 1.73 bits per heavy atom. The van der Waals surface area contributed by atoms with E-state index >= 15 is 0 Å². The number of rotatable bonds is 9. The second-order valence-electron chi connectivity index (χ2n) is 7.70. The molecule has 0 fully saturated rings. The number of halogens is 1. The summed E-state index contributed by atoms with van der Waals surface area (Å²) in [4.78, 5) is 26.3. The number of hydrogen-bond donors (Lipinski definition) is 1. The number of carbonyl (C=O) groups is 2. The minimum atomic E-state index is -0.437. The van der Waals surface area contributed by atoms with Crippen molar-refractivity contribution in [2.75, 3.05) is 18.5 Å². The van der Waals surface area contributed by atoms with Crippen LogP contribution in [0.25, 0.3) is 11.1 Å². The Morgan fingerprint density at radius 3 is 2.36 bits per heavy atom. The van der Waals surface area contributed by atoms with E-state index in [9.17, 15) is 9.59 Å². The van der Waals surface area contributed by atoms with Crippen LogP contribution in [0.2, 0.25) is 5.02 Å². The van der Waals surface area contributed by atoms with E-state index in [1.165, 1.54) is 11.3 Å². The molecule has 0 aliphatic rings. The van der Waals surface area contributed by atoms with Gasteiger partial charge in [-0.15, -0.1) is 11.3 Å². The smallest absolute Gasteiger partial charge is 0.341 e. The molecule has 0 saturated carbocycles. The van der Waals surface area contributed by atoms with Gasteiger partial charge in [0, 0.05) is 21.9 Å². The Kier molecular flexibility index (Phi) is 8.53. The number of thiophene rings is 1. The molecule has 33 heavy (non-hydrogen) atoms. The van der Waals surface area contributed by atoms with Gasteiger partial charge < -0.3 is 14.8 Å². The van der Waals surface area contributed by atoms with E-state index < -0.39 is 5.97 Å². The topological polar surface area (TPSA) is 64.6 Å². The lowest BCUT2D eigenvalue weighted by Crippen LogP contribution is -2.15. The van der Waals surface area contributed by atoms with Crippen LogP contribution in [0.4, 0.5) is 5.00 Å². The summed E-state index contributed by atoms with van der Waals surface area (Å²) < 4.78 is 11.1. The largest absolute Gasteiger partial charge is 0.494 e. The van der Waals surface area contributed by atoms with Gasteiger partial charge in [-0.05, 0) is 62.9 Å². The van der Waals surface area contributed by atoms with Crippen molar-refractivity contribution in [2.24, 2.45) is 0 Å². The predicted molar refractivity (Wildman–Crippen MR) is 135 cm³/mol. The van der Waals surface area contributed by atoms with Crippen molar-refractivity contribution in [2.45, 2.75) is 40.5 Å². The normalized spacial score (nSPS) is 10.7. The van der Waals surface area contributed by atoms with Gasteiger partial charge in [0.15, 0.2) is 0 Å². The van der Waals surface area contributed by atoms with Crippen molar-refractivity contribution in [3.8, 4) is 16.9 Å². The molecule has 0 radical (unpaired) electrons. The Labute approximate surface area is 203 Å². The highest BCUT2D eigenvalue weighted by atomic mass is 35.5. The van der Waals surface area contributed by atoms with Gasteiger partial charge in [-0.25, -0.2) is 4.79 Å². The van der Waals surface area contributed by atoms with E-state index in [-0.39, 0.29) is 18.9 Å². The molecule has 0 saturated heterocycles. The Balaban J connectivity index is 1.67. The summed E-state index contributed by atoms with van der Waals surface area (Å²) in [6, 6.07) is 13.4. The summed E-state index contributed by atoms with van der Waals surface area (Å²) >= 11 is 7.58. The number of aryl methyl sites for hydroxylation is 3. The highest BCUT2D eigenvalue weighted by Crippen LogP contribution is 2.40. The molecule has 1 heterocycles. The van der Waals surface area contributed by atoms with Gasteiger partial charge in [0.2, 0.25) is 5.91 Å². The van der Waals surface area contributed by atoms with Crippen LogP contribution in [0.15, 0.2) is 42.5 Å². The van der Waals surface area contributed by atoms with E-state index in [4.69, 9.17) is 21.1 Å². The van der Waals surface area contributed by atoms with Gasteiger partial charge in [-0.1, -0.05) is 41.9 Å². The third-order valence-corrected chi connectivity index (χ3v) is 6.72.